The molecule has 0 spiro atoms. The lowest BCUT2D eigenvalue weighted by Crippen LogP contribution is -2.48. The van der Waals surface area contributed by atoms with Crippen LogP contribution in [0, 0.1) is 0 Å². The van der Waals surface area contributed by atoms with E-state index < -0.39 is 0 Å². The maximum absolute atomic E-state index is 11.9. The van der Waals surface area contributed by atoms with E-state index in [4.69, 9.17) is 5.73 Å². The van der Waals surface area contributed by atoms with Crippen LogP contribution in [0.3, 0.4) is 0 Å². The fourth-order valence-electron chi connectivity index (χ4n) is 1.29. The lowest BCUT2D eigenvalue weighted by Gasteiger charge is -2.32. The van der Waals surface area contributed by atoms with Gasteiger partial charge in [-0.15, -0.1) is 0 Å². The topological polar surface area (TPSA) is 76.2 Å². The van der Waals surface area contributed by atoms with Crippen LogP contribution in [0.1, 0.15) is 24.3 Å². The molecule has 18 heavy (non-hydrogen) atoms. The van der Waals surface area contributed by atoms with Crippen LogP contribution in [0.4, 0.5) is 0 Å². The number of nitrogens with zero attached hydrogens (tertiary/aromatic N) is 3. The van der Waals surface area contributed by atoms with Gasteiger partial charge in [0.2, 0.25) is 0 Å². The van der Waals surface area contributed by atoms with Crippen molar-refractivity contribution in [3.05, 3.63) is 18.2 Å². The summed E-state index contributed by atoms with van der Waals surface area (Å²) in [5, 5.41) is 2.89. The number of imidazole rings is 1. The molecule has 0 aromatic carbocycles. The highest BCUT2D eigenvalue weighted by atomic mass is 16.1. The van der Waals surface area contributed by atoms with Crippen molar-refractivity contribution in [2.24, 2.45) is 5.73 Å². The molecule has 0 unspecified atom stereocenters. The van der Waals surface area contributed by atoms with Gasteiger partial charge in [0.1, 0.15) is 5.69 Å². The molecule has 1 aromatic rings. The predicted octanol–water partition coefficient (Wildman–Crippen LogP) is -0.0882. The van der Waals surface area contributed by atoms with Gasteiger partial charge >= 0.3 is 0 Å². The number of carbonyl (C=O) groups is 1. The average molecular weight is 253 g/mol. The van der Waals surface area contributed by atoms with Gasteiger partial charge in [-0.1, -0.05) is 0 Å². The van der Waals surface area contributed by atoms with Gasteiger partial charge in [-0.25, -0.2) is 4.98 Å². The molecule has 0 atom stereocenters. The zero-order valence-corrected chi connectivity index (χ0v) is 11.6. The first-order chi connectivity index (χ1) is 8.36. The zero-order valence-electron chi connectivity index (χ0n) is 11.6. The minimum absolute atomic E-state index is 0.0878. The van der Waals surface area contributed by atoms with Crippen molar-refractivity contribution < 1.29 is 4.79 Å². The van der Waals surface area contributed by atoms with Crippen LogP contribution in [0.15, 0.2) is 12.5 Å². The lowest BCUT2D eigenvalue weighted by atomic mass is 10.0. The Morgan fingerprint density at radius 1 is 1.56 bits per heavy atom. The third kappa shape index (κ3) is 3.82. The van der Waals surface area contributed by atoms with E-state index in [0.717, 1.165) is 0 Å². The van der Waals surface area contributed by atoms with Gasteiger partial charge in [0.05, 0.1) is 6.33 Å². The summed E-state index contributed by atoms with van der Waals surface area (Å²) in [6, 6.07) is 0. The van der Waals surface area contributed by atoms with Crippen LogP contribution < -0.4 is 11.1 Å². The number of likely N-dealkylation sites (N-methyl/N-ethyl adjacent to an activating group) is 1. The van der Waals surface area contributed by atoms with Crippen LogP contribution in [-0.4, -0.2) is 53.1 Å². The number of aromatic nitrogens is 2. The van der Waals surface area contributed by atoms with Crippen molar-refractivity contribution in [2.75, 3.05) is 27.2 Å². The molecule has 0 bridgehead atoms. The molecule has 0 saturated heterocycles. The van der Waals surface area contributed by atoms with Gasteiger partial charge < -0.3 is 20.5 Å². The largest absolute Gasteiger partial charge is 0.349 e. The van der Waals surface area contributed by atoms with Crippen molar-refractivity contribution in [1.29, 1.82) is 0 Å². The minimum Gasteiger partial charge on any atom is -0.349 e. The molecule has 6 nitrogen and oxygen atoms in total. The molecule has 1 rings (SSSR count). The van der Waals surface area contributed by atoms with Crippen LogP contribution in [-0.2, 0) is 6.54 Å². The maximum Gasteiger partial charge on any atom is 0.271 e. The summed E-state index contributed by atoms with van der Waals surface area (Å²) in [5.41, 5.74) is 5.78. The summed E-state index contributed by atoms with van der Waals surface area (Å²) in [6.45, 7) is 5.91. The Morgan fingerprint density at radius 3 is 2.78 bits per heavy atom. The number of amides is 1. The summed E-state index contributed by atoms with van der Waals surface area (Å²) in [6.07, 6.45) is 3.34. The van der Waals surface area contributed by atoms with Crippen LogP contribution in [0.5, 0.6) is 0 Å². The fourth-order valence-corrected chi connectivity index (χ4v) is 1.29. The first kappa shape index (κ1) is 14.7. The van der Waals surface area contributed by atoms with E-state index in [1.165, 1.54) is 0 Å². The minimum atomic E-state index is -0.152. The second-order valence-electron chi connectivity index (χ2n) is 5.17. The fraction of sp³-hybridized carbons (Fsp3) is 0.667. The smallest absolute Gasteiger partial charge is 0.271 e. The number of hydrogen-bond acceptors (Lipinski definition) is 4. The summed E-state index contributed by atoms with van der Waals surface area (Å²) in [7, 11) is 3.98. The number of carbonyl (C=O) groups excluding carboxylic acids is 1. The average Bonchev–Trinajstić information content (AvgIpc) is 2.75. The molecule has 1 amide bonds. The molecule has 1 heterocycles. The molecular formula is C12H23N5O. The van der Waals surface area contributed by atoms with E-state index in [1.54, 1.807) is 12.5 Å². The molecular weight excluding hydrogens is 230 g/mol. The Balaban J connectivity index is 2.55. The number of rotatable bonds is 6. The van der Waals surface area contributed by atoms with Crippen molar-refractivity contribution in [2.45, 2.75) is 25.9 Å². The molecule has 102 valence electrons. The van der Waals surface area contributed by atoms with Crippen molar-refractivity contribution >= 4 is 5.91 Å². The van der Waals surface area contributed by atoms with Gasteiger partial charge in [-0.05, 0) is 27.9 Å². The molecule has 0 saturated carbocycles. The van der Waals surface area contributed by atoms with E-state index in [1.807, 2.05) is 18.7 Å². The highest BCUT2D eigenvalue weighted by molar-refractivity contribution is 5.92. The Bertz CT molecular complexity index is 397. The van der Waals surface area contributed by atoms with Crippen LogP contribution >= 0.6 is 0 Å². The van der Waals surface area contributed by atoms with E-state index in [9.17, 15) is 4.79 Å². The van der Waals surface area contributed by atoms with Crippen LogP contribution in [0.25, 0.3) is 0 Å². The van der Waals surface area contributed by atoms with E-state index in [2.05, 4.69) is 29.0 Å². The standard InChI is InChI=1S/C12H23N5O/c1-12(2,16(3)4)8-14-11(18)10-7-17(6-5-13)9-15-10/h7,9H,5-6,8,13H2,1-4H3,(H,14,18). The first-order valence-electron chi connectivity index (χ1n) is 6.04. The number of hydrogen-bond donors (Lipinski definition) is 2. The van der Waals surface area contributed by atoms with E-state index >= 15 is 0 Å². The summed E-state index contributed by atoms with van der Waals surface area (Å²) in [4.78, 5) is 18.0. The number of nitrogens with one attached hydrogen (secondary N) is 1. The van der Waals surface area contributed by atoms with Gasteiger partial charge in [0.15, 0.2) is 0 Å². The number of nitrogens with two attached hydrogens (primary N) is 1. The van der Waals surface area contributed by atoms with E-state index in [-0.39, 0.29) is 11.4 Å². The highest BCUT2D eigenvalue weighted by Gasteiger charge is 2.21. The van der Waals surface area contributed by atoms with Gasteiger partial charge in [-0.3, -0.25) is 4.79 Å². The lowest BCUT2D eigenvalue weighted by molar-refractivity contribution is 0.0915. The van der Waals surface area contributed by atoms with Gasteiger partial charge in [0, 0.05) is 31.4 Å². The van der Waals surface area contributed by atoms with Crippen molar-refractivity contribution in [1.82, 2.24) is 19.8 Å². The second kappa shape index (κ2) is 5.97. The van der Waals surface area contributed by atoms with Crippen molar-refractivity contribution in [3.63, 3.8) is 0 Å². The molecule has 3 N–H and O–H groups in total. The molecule has 6 heteroatoms. The van der Waals surface area contributed by atoms with Crippen LogP contribution in [0.2, 0.25) is 0 Å². The van der Waals surface area contributed by atoms with Gasteiger partial charge in [-0.2, -0.15) is 0 Å². The summed E-state index contributed by atoms with van der Waals surface area (Å²) in [5.74, 6) is -0.152. The molecule has 0 aliphatic carbocycles. The first-order valence-corrected chi connectivity index (χ1v) is 6.04. The molecule has 0 fully saturated rings. The Labute approximate surface area is 108 Å². The second-order valence-corrected chi connectivity index (χ2v) is 5.17. The zero-order chi connectivity index (χ0) is 13.8. The quantitative estimate of drug-likeness (QED) is 0.743. The normalized spacial score (nSPS) is 11.9. The highest BCUT2D eigenvalue weighted by Crippen LogP contribution is 2.08. The third-order valence-electron chi connectivity index (χ3n) is 3.15. The third-order valence-corrected chi connectivity index (χ3v) is 3.15. The molecule has 0 radical (unpaired) electrons. The van der Waals surface area contributed by atoms with Crippen molar-refractivity contribution in [3.8, 4) is 0 Å². The van der Waals surface area contributed by atoms with E-state index in [0.29, 0.717) is 25.3 Å². The summed E-state index contributed by atoms with van der Waals surface area (Å²) < 4.78 is 1.81. The predicted molar refractivity (Wildman–Crippen MR) is 71.4 cm³/mol. The molecule has 1 aromatic heterocycles. The molecule has 0 aliphatic rings. The summed E-state index contributed by atoms with van der Waals surface area (Å²) >= 11 is 0. The SMILES string of the molecule is CN(C)C(C)(C)CNC(=O)c1cn(CCN)cn1. The molecule has 0 aliphatic heterocycles. The van der Waals surface area contributed by atoms with Gasteiger partial charge in [0.25, 0.3) is 5.91 Å². The Morgan fingerprint density at radius 2 is 2.22 bits per heavy atom. The monoisotopic (exact) mass is 253 g/mol. The maximum atomic E-state index is 11.9. The Hall–Kier alpha value is -1.40. The Kier molecular flexibility index (Phi) is 4.86.